The summed E-state index contributed by atoms with van der Waals surface area (Å²) in [6, 6.07) is 8.93. The average Bonchev–Trinajstić information content (AvgIpc) is 2.66. The summed E-state index contributed by atoms with van der Waals surface area (Å²) in [5.41, 5.74) is -1.26. The topological polar surface area (TPSA) is 120 Å². The summed E-state index contributed by atoms with van der Waals surface area (Å²) in [6.45, 7) is -0.199. The quantitative estimate of drug-likeness (QED) is 0.305. The molecule has 0 saturated carbocycles. The molecule has 0 atom stereocenters. The van der Waals surface area contributed by atoms with E-state index in [9.17, 15) is 19.7 Å². The van der Waals surface area contributed by atoms with E-state index in [1.807, 2.05) is 0 Å². The van der Waals surface area contributed by atoms with Gasteiger partial charge in [-0.25, -0.2) is 4.79 Å². The molecule has 1 aromatic heterocycles. The van der Waals surface area contributed by atoms with E-state index in [2.05, 4.69) is 16.0 Å². The van der Waals surface area contributed by atoms with Gasteiger partial charge in [0.25, 0.3) is 5.56 Å². The van der Waals surface area contributed by atoms with Crippen LogP contribution < -0.4 is 16.0 Å². The third-order valence-corrected chi connectivity index (χ3v) is 3.93. The van der Waals surface area contributed by atoms with Crippen molar-refractivity contribution in [3.63, 3.8) is 0 Å². The largest absolute Gasteiger partial charge is 0.473 e. The lowest BCUT2D eigenvalue weighted by Crippen LogP contribution is -2.32. The van der Waals surface area contributed by atoms with Crippen molar-refractivity contribution in [1.82, 2.24) is 9.66 Å². The zero-order chi connectivity index (χ0) is 20.3. The van der Waals surface area contributed by atoms with Crippen molar-refractivity contribution < 1.29 is 9.66 Å². The van der Waals surface area contributed by atoms with Gasteiger partial charge in [-0.05, 0) is 18.2 Å². The second kappa shape index (κ2) is 7.77. The smallest absolute Gasteiger partial charge is 0.349 e. The van der Waals surface area contributed by atoms with Gasteiger partial charge in [0.05, 0.1) is 27.1 Å². The highest BCUT2D eigenvalue weighted by molar-refractivity contribution is 6.32. The van der Waals surface area contributed by atoms with Crippen molar-refractivity contribution in [3.8, 4) is 18.1 Å². The number of hydrogen-bond acceptors (Lipinski definition) is 6. The van der Waals surface area contributed by atoms with Crippen molar-refractivity contribution in [2.45, 2.75) is 0 Å². The first-order chi connectivity index (χ1) is 13.4. The van der Waals surface area contributed by atoms with Crippen LogP contribution in [0, 0.1) is 22.5 Å². The Morgan fingerprint density at radius 3 is 2.82 bits per heavy atom. The SMILES string of the molecule is C#CCOc1c(Cl)cc(C=Nn2c(=O)[nH]c3ccccc3c2=O)cc1[N+](=O)[O-]. The van der Waals surface area contributed by atoms with Crippen molar-refractivity contribution in [2.24, 2.45) is 5.10 Å². The van der Waals surface area contributed by atoms with Crippen LogP contribution in [-0.4, -0.2) is 27.4 Å². The summed E-state index contributed by atoms with van der Waals surface area (Å²) >= 11 is 6.04. The number of aromatic nitrogens is 2. The van der Waals surface area contributed by atoms with Crippen LogP contribution in [0.1, 0.15) is 5.56 Å². The molecule has 2 aromatic carbocycles. The Hall–Kier alpha value is -3.90. The fourth-order valence-corrected chi connectivity index (χ4v) is 2.73. The van der Waals surface area contributed by atoms with Crippen LogP contribution in [0.5, 0.6) is 5.75 Å². The number of benzene rings is 2. The number of aromatic amines is 1. The van der Waals surface area contributed by atoms with E-state index in [1.54, 1.807) is 24.3 Å². The molecule has 1 heterocycles. The first-order valence-corrected chi connectivity index (χ1v) is 8.13. The highest BCUT2D eigenvalue weighted by Gasteiger charge is 2.20. The van der Waals surface area contributed by atoms with Crippen LogP contribution in [-0.2, 0) is 0 Å². The molecule has 0 unspecified atom stereocenters. The summed E-state index contributed by atoms with van der Waals surface area (Å²) in [5, 5.41) is 15.3. The van der Waals surface area contributed by atoms with Gasteiger partial charge >= 0.3 is 11.4 Å². The Morgan fingerprint density at radius 1 is 1.36 bits per heavy atom. The zero-order valence-electron chi connectivity index (χ0n) is 14.1. The number of nitro groups is 1. The third kappa shape index (κ3) is 3.62. The average molecular weight is 399 g/mol. The van der Waals surface area contributed by atoms with Crippen LogP contribution >= 0.6 is 11.6 Å². The van der Waals surface area contributed by atoms with Crippen LogP contribution in [0.25, 0.3) is 10.9 Å². The molecule has 0 spiro atoms. The first kappa shape index (κ1) is 18.9. The molecule has 1 N–H and O–H groups in total. The minimum Gasteiger partial charge on any atom is -0.473 e. The van der Waals surface area contributed by atoms with Crippen molar-refractivity contribution in [1.29, 1.82) is 0 Å². The highest BCUT2D eigenvalue weighted by Crippen LogP contribution is 2.35. The van der Waals surface area contributed by atoms with E-state index in [-0.39, 0.29) is 28.3 Å². The van der Waals surface area contributed by atoms with Gasteiger partial charge in [-0.15, -0.1) is 11.1 Å². The van der Waals surface area contributed by atoms with E-state index in [4.69, 9.17) is 22.8 Å². The normalized spacial score (nSPS) is 10.9. The van der Waals surface area contributed by atoms with Gasteiger partial charge in [0, 0.05) is 11.6 Å². The van der Waals surface area contributed by atoms with E-state index >= 15 is 0 Å². The standard InChI is InChI=1S/C18H11ClN4O5/c1-2-7-28-16-13(19)8-11(9-15(16)23(26)27)10-20-22-17(24)12-5-3-4-6-14(12)21-18(22)25/h1,3-6,8-10H,7H2,(H,21,25). The summed E-state index contributed by atoms with van der Waals surface area (Å²) in [7, 11) is 0. The highest BCUT2D eigenvalue weighted by atomic mass is 35.5. The first-order valence-electron chi connectivity index (χ1n) is 7.75. The molecular weight excluding hydrogens is 388 g/mol. The Morgan fingerprint density at radius 2 is 2.11 bits per heavy atom. The zero-order valence-corrected chi connectivity index (χ0v) is 14.8. The van der Waals surface area contributed by atoms with Gasteiger partial charge in [-0.1, -0.05) is 29.7 Å². The van der Waals surface area contributed by atoms with E-state index in [0.29, 0.717) is 10.2 Å². The maximum Gasteiger partial charge on any atom is 0.349 e. The Bertz CT molecular complexity index is 1270. The number of H-pyrrole nitrogens is 1. The molecule has 3 aromatic rings. The molecule has 0 fully saturated rings. The molecule has 0 amide bonds. The number of rotatable bonds is 5. The molecule has 0 aliphatic rings. The molecule has 3 rings (SSSR count). The lowest BCUT2D eigenvalue weighted by atomic mass is 10.2. The lowest BCUT2D eigenvalue weighted by Gasteiger charge is -2.07. The second-order valence-electron chi connectivity index (χ2n) is 5.44. The van der Waals surface area contributed by atoms with E-state index in [1.165, 1.54) is 6.07 Å². The van der Waals surface area contributed by atoms with Crippen LogP contribution in [0.3, 0.4) is 0 Å². The molecule has 28 heavy (non-hydrogen) atoms. The fourth-order valence-electron chi connectivity index (χ4n) is 2.45. The number of hydrogen-bond donors (Lipinski definition) is 1. The molecule has 0 bridgehead atoms. The van der Waals surface area contributed by atoms with Crippen LogP contribution in [0.15, 0.2) is 51.1 Å². The molecular formula is C18H11ClN4O5. The Kier molecular flexibility index (Phi) is 5.24. The van der Waals surface area contributed by atoms with Crippen molar-refractivity contribution in [2.75, 3.05) is 6.61 Å². The van der Waals surface area contributed by atoms with Crippen molar-refractivity contribution in [3.05, 3.63) is 77.9 Å². The summed E-state index contributed by atoms with van der Waals surface area (Å²) in [6.07, 6.45) is 6.19. The van der Waals surface area contributed by atoms with Gasteiger partial charge in [0.15, 0.2) is 0 Å². The van der Waals surface area contributed by atoms with Gasteiger partial charge in [0.1, 0.15) is 6.61 Å². The fraction of sp³-hybridized carbons (Fsp3) is 0.0556. The molecule has 10 heteroatoms. The van der Waals surface area contributed by atoms with Gasteiger partial charge in [-0.2, -0.15) is 5.10 Å². The molecule has 0 aliphatic heterocycles. The molecule has 0 radical (unpaired) electrons. The van der Waals surface area contributed by atoms with Gasteiger partial charge in [-0.3, -0.25) is 14.9 Å². The van der Waals surface area contributed by atoms with Gasteiger partial charge in [0.2, 0.25) is 5.75 Å². The van der Waals surface area contributed by atoms with Gasteiger partial charge < -0.3 is 9.72 Å². The third-order valence-electron chi connectivity index (χ3n) is 3.65. The minimum absolute atomic E-state index is 0.0642. The molecule has 140 valence electrons. The summed E-state index contributed by atoms with van der Waals surface area (Å²) in [5.74, 6) is 2.01. The summed E-state index contributed by atoms with van der Waals surface area (Å²) < 4.78 is 5.73. The number of halogens is 1. The van der Waals surface area contributed by atoms with E-state index < -0.39 is 21.9 Å². The number of nitrogens with one attached hydrogen (secondary N) is 1. The Balaban J connectivity index is 2.07. The number of fused-ring (bicyclic) bond motifs is 1. The number of ether oxygens (including phenoxy) is 1. The second-order valence-corrected chi connectivity index (χ2v) is 5.85. The Labute approximate surface area is 162 Å². The lowest BCUT2D eigenvalue weighted by molar-refractivity contribution is -0.385. The molecule has 0 aliphatic carbocycles. The minimum atomic E-state index is -0.755. The van der Waals surface area contributed by atoms with Crippen LogP contribution in [0.2, 0.25) is 5.02 Å². The van der Waals surface area contributed by atoms with Crippen molar-refractivity contribution >= 4 is 34.4 Å². The maximum atomic E-state index is 12.4. The van der Waals surface area contributed by atoms with Crippen LogP contribution in [0.4, 0.5) is 5.69 Å². The number of terminal acetylenes is 1. The monoisotopic (exact) mass is 398 g/mol. The predicted octanol–water partition coefficient (Wildman–Crippen LogP) is 2.15. The molecule has 9 nitrogen and oxygen atoms in total. The number of para-hydroxylation sites is 1. The number of nitrogens with zero attached hydrogens (tertiary/aromatic N) is 3. The molecule has 0 saturated heterocycles. The maximum absolute atomic E-state index is 12.4. The summed E-state index contributed by atoms with van der Waals surface area (Å²) in [4.78, 5) is 37.7. The number of nitro benzene ring substituents is 1. The van der Waals surface area contributed by atoms with E-state index in [0.717, 1.165) is 12.3 Å². The predicted molar refractivity (Wildman–Crippen MR) is 104 cm³/mol.